The molecule has 0 aromatic heterocycles. The van der Waals surface area contributed by atoms with E-state index in [2.05, 4.69) is 9.47 Å². The molecule has 0 bridgehead atoms. The molecular formula is C18H14O6. The fraction of sp³-hybridized carbons (Fsp3) is 0.111. The number of cyclic esters (lactones) is 2. The molecule has 0 N–H and O–H groups in total. The summed E-state index contributed by atoms with van der Waals surface area (Å²) < 4.78 is 8.84. The molecule has 0 radical (unpaired) electrons. The number of methoxy groups -OCH3 is 1. The highest BCUT2D eigenvalue weighted by atomic mass is 16.6. The molecule has 0 amide bonds. The van der Waals surface area contributed by atoms with Crippen LogP contribution in [-0.2, 0) is 9.47 Å². The second-order valence-corrected chi connectivity index (χ2v) is 4.86. The van der Waals surface area contributed by atoms with E-state index < -0.39 is 11.9 Å². The normalized spacial score (nSPS) is 11.9. The second kappa shape index (κ2) is 7.43. The van der Waals surface area contributed by atoms with E-state index in [9.17, 15) is 19.2 Å². The molecule has 0 unspecified atom stereocenters. The Hall–Kier alpha value is -3.12. The fourth-order valence-corrected chi connectivity index (χ4v) is 2.41. The predicted molar refractivity (Wildman–Crippen MR) is 85.3 cm³/mol. The molecular weight excluding hydrogens is 312 g/mol. The van der Waals surface area contributed by atoms with Crippen molar-refractivity contribution in [3.05, 3.63) is 58.7 Å². The Morgan fingerprint density at radius 3 is 2.04 bits per heavy atom. The smallest absolute Gasteiger partial charge is 0.347 e. The fourth-order valence-electron chi connectivity index (χ4n) is 2.41. The first kappa shape index (κ1) is 17.2. The molecule has 1 aliphatic rings. The first-order valence-electron chi connectivity index (χ1n) is 6.92. The van der Waals surface area contributed by atoms with E-state index in [1.807, 2.05) is 0 Å². The number of carbonyl (C=O) groups excluding carboxylic acids is 4. The summed E-state index contributed by atoms with van der Waals surface area (Å²) in [5, 5.41) is 0. The average Bonchev–Trinajstić information content (AvgIpc) is 2.89. The lowest BCUT2D eigenvalue weighted by Gasteiger charge is -2.09. The van der Waals surface area contributed by atoms with Crippen molar-refractivity contribution in [2.45, 2.75) is 0 Å². The Morgan fingerprint density at radius 1 is 0.833 bits per heavy atom. The first-order chi connectivity index (χ1) is 11.6. The first-order valence-corrected chi connectivity index (χ1v) is 6.92. The van der Waals surface area contributed by atoms with E-state index in [0.717, 1.165) is 0 Å². The molecule has 3 rings (SSSR count). The number of esters is 2. The number of aldehydes is 2. The molecule has 2 aromatic carbocycles. The van der Waals surface area contributed by atoms with Gasteiger partial charge in [0, 0.05) is 25.3 Å². The molecule has 0 atom stereocenters. The lowest BCUT2D eigenvalue weighted by molar-refractivity contribution is 0.0443. The van der Waals surface area contributed by atoms with Crippen molar-refractivity contribution in [2.75, 3.05) is 14.2 Å². The van der Waals surface area contributed by atoms with Gasteiger partial charge in [0.05, 0.1) is 11.1 Å². The van der Waals surface area contributed by atoms with Gasteiger partial charge in [-0.15, -0.1) is 0 Å². The van der Waals surface area contributed by atoms with Crippen molar-refractivity contribution in [1.82, 2.24) is 0 Å². The molecule has 0 spiro atoms. The van der Waals surface area contributed by atoms with Crippen LogP contribution in [-0.4, -0.2) is 38.7 Å². The summed E-state index contributed by atoms with van der Waals surface area (Å²) in [4.78, 5) is 45.7. The highest BCUT2D eigenvalue weighted by molar-refractivity contribution is 6.18. The van der Waals surface area contributed by atoms with E-state index in [0.29, 0.717) is 23.7 Å². The van der Waals surface area contributed by atoms with Crippen molar-refractivity contribution in [2.24, 2.45) is 0 Å². The van der Waals surface area contributed by atoms with Gasteiger partial charge in [-0.05, 0) is 17.2 Å². The van der Waals surface area contributed by atoms with Gasteiger partial charge in [-0.1, -0.05) is 30.3 Å². The van der Waals surface area contributed by atoms with Crippen LogP contribution in [0.15, 0.2) is 36.4 Å². The molecule has 1 aliphatic heterocycles. The number of rotatable bonds is 3. The average molecular weight is 326 g/mol. The van der Waals surface area contributed by atoms with E-state index in [-0.39, 0.29) is 22.3 Å². The Labute approximate surface area is 138 Å². The molecule has 24 heavy (non-hydrogen) atoms. The topological polar surface area (TPSA) is 86.7 Å². The van der Waals surface area contributed by atoms with E-state index in [4.69, 9.17) is 0 Å². The van der Waals surface area contributed by atoms with Gasteiger partial charge in [0.15, 0.2) is 12.6 Å². The summed E-state index contributed by atoms with van der Waals surface area (Å²) in [6.45, 7) is 0. The standard InChI is InChI=1S/C16H8O5.C2H6O/c17-7-9-3-1-4-10(13(9)8-18)11-5-2-6-12-14(11)16(20)21-15(12)19;1-3-2/h1-8H;1-2H3. The van der Waals surface area contributed by atoms with E-state index >= 15 is 0 Å². The molecule has 6 heteroatoms. The van der Waals surface area contributed by atoms with Gasteiger partial charge in [-0.25, -0.2) is 9.59 Å². The van der Waals surface area contributed by atoms with Crippen molar-refractivity contribution < 1.29 is 28.7 Å². The third-order valence-corrected chi connectivity index (χ3v) is 3.35. The Kier molecular flexibility index (Phi) is 5.34. The largest absolute Gasteiger partial charge is 0.388 e. The SMILES string of the molecule is COC.O=Cc1cccc(-c2cccc3c2C(=O)OC3=O)c1C=O. The molecule has 1 heterocycles. The highest BCUT2D eigenvalue weighted by Crippen LogP contribution is 2.33. The van der Waals surface area contributed by atoms with Gasteiger partial charge >= 0.3 is 11.9 Å². The minimum absolute atomic E-state index is 0.119. The number of fused-ring (bicyclic) bond motifs is 1. The number of hydrogen-bond donors (Lipinski definition) is 0. The van der Waals surface area contributed by atoms with Crippen LogP contribution in [0.25, 0.3) is 11.1 Å². The number of benzene rings is 2. The van der Waals surface area contributed by atoms with Crippen LogP contribution >= 0.6 is 0 Å². The molecule has 0 aliphatic carbocycles. The van der Waals surface area contributed by atoms with E-state index in [1.165, 1.54) is 12.1 Å². The number of hydrogen-bond acceptors (Lipinski definition) is 6. The zero-order chi connectivity index (χ0) is 17.7. The monoisotopic (exact) mass is 326 g/mol. The minimum atomic E-state index is -0.751. The van der Waals surface area contributed by atoms with Crippen LogP contribution in [0.1, 0.15) is 41.4 Å². The zero-order valence-corrected chi connectivity index (χ0v) is 13.1. The van der Waals surface area contributed by atoms with Crippen molar-refractivity contribution >= 4 is 24.5 Å². The number of carbonyl (C=O) groups is 4. The van der Waals surface area contributed by atoms with Gasteiger partial charge in [0.2, 0.25) is 0 Å². The van der Waals surface area contributed by atoms with Crippen molar-refractivity contribution in [1.29, 1.82) is 0 Å². The van der Waals surface area contributed by atoms with Gasteiger partial charge < -0.3 is 9.47 Å². The van der Waals surface area contributed by atoms with Gasteiger partial charge in [-0.2, -0.15) is 0 Å². The number of ether oxygens (including phenoxy) is 2. The summed E-state index contributed by atoms with van der Waals surface area (Å²) in [6.07, 6.45) is 1.13. The van der Waals surface area contributed by atoms with Crippen LogP contribution < -0.4 is 0 Å². The van der Waals surface area contributed by atoms with Gasteiger partial charge in [-0.3, -0.25) is 9.59 Å². The van der Waals surface area contributed by atoms with Crippen LogP contribution in [0.3, 0.4) is 0 Å². The molecule has 0 saturated heterocycles. The molecule has 6 nitrogen and oxygen atoms in total. The predicted octanol–water partition coefficient (Wildman–Crippen LogP) is 2.55. The quantitative estimate of drug-likeness (QED) is 0.489. The maximum Gasteiger partial charge on any atom is 0.347 e. The molecule has 2 aromatic rings. The highest BCUT2D eigenvalue weighted by Gasteiger charge is 2.32. The van der Waals surface area contributed by atoms with Crippen LogP contribution in [0.2, 0.25) is 0 Å². The summed E-state index contributed by atoms with van der Waals surface area (Å²) in [6, 6.07) is 9.41. The summed E-state index contributed by atoms with van der Waals surface area (Å²) >= 11 is 0. The van der Waals surface area contributed by atoms with E-state index in [1.54, 1.807) is 38.5 Å². The maximum atomic E-state index is 11.8. The van der Waals surface area contributed by atoms with Gasteiger partial charge in [0.25, 0.3) is 0 Å². The molecule has 0 saturated carbocycles. The van der Waals surface area contributed by atoms with Crippen LogP contribution in [0.4, 0.5) is 0 Å². The summed E-state index contributed by atoms with van der Waals surface area (Å²) in [5.74, 6) is -1.46. The zero-order valence-electron chi connectivity index (χ0n) is 13.1. The Bertz CT molecular complexity index is 822. The third-order valence-electron chi connectivity index (χ3n) is 3.35. The van der Waals surface area contributed by atoms with Crippen molar-refractivity contribution in [3.8, 4) is 11.1 Å². The minimum Gasteiger partial charge on any atom is -0.388 e. The Morgan fingerprint density at radius 2 is 1.42 bits per heavy atom. The molecule has 122 valence electrons. The molecule has 0 fully saturated rings. The summed E-state index contributed by atoms with van der Waals surface area (Å²) in [5.41, 5.74) is 1.48. The third kappa shape index (κ3) is 3.00. The lowest BCUT2D eigenvalue weighted by Crippen LogP contribution is -2.01. The van der Waals surface area contributed by atoms with Crippen LogP contribution in [0, 0.1) is 0 Å². The summed E-state index contributed by atoms with van der Waals surface area (Å²) in [7, 11) is 3.25. The van der Waals surface area contributed by atoms with Gasteiger partial charge in [0.1, 0.15) is 0 Å². The van der Waals surface area contributed by atoms with Crippen LogP contribution in [0.5, 0.6) is 0 Å². The lowest BCUT2D eigenvalue weighted by atomic mass is 9.91. The Balaban J connectivity index is 0.000000647. The van der Waals surface area contributed by atoms with Crippen molar-refractivity contribution in [3.63, 3.8) is 0 Å². The maximum absolute atomic E-state index is 11.8. The second-order valence-electron chi connectivity index (χ2n) is 4.86.